The van der Waals surface area contributed by atoms with E-state index in [0.717, 1.165) is 59.0 Å². The first kappa shape index (κ1) is 20.3. The number of aryl methyl sites for hydroxylation is 1. The number of ether oxygens (including phenoxy) is 1. The molecule has 0 bridgehead atoms. The Balaban J connectivity index is 1.45. The Bertz CT molecular complexity index is 1150. The van der Waals surface area contributed by atoms with E-state index in [1.54, 1.807) is 0 Å². The van der Waals surface area contributed by atoms with Gasteiger partial charge in [-0.1, -0.05) is 43.7 Å². The fraction of sp³-hybridized carbons (Fsp3) is 0.375. The van der Waals surface area contributed by atoms with Gasteiger partial charge >= 0.3 is 0 Å². The molecule has 0 aliphatic carbocycles. The molecule has 0 aliphatic heterocycles. The molecule has 30 heavy (non-hydrogen) atoms. The SMILES string of the molecule is CCCCOCCCNC(=O)CCn1c2ccccc2c2nc3ccccc3nc21. The van der Waals surface area contributed by atoms with Crippen LogP contribution in [0.5, 0.6) is 0 Å². The zero-order valence-electron chi connectivity index (χ0n) is 17.4. The Morgan fingerprint density at radius 1 is 1.00 bits per heavy atom. The smallest absolute Gasteiger partial charge is 0.221 e. The normalized spacial score (nSPS) is 11.5. The summed E-state index contributed by atoms with van der Waals surface area (Å²) in [5.41, 5.74) is 4.51. The largest absolute Gasteiger partial charge is 0.381 e. The van der Waals surface area contributed by atoms with Crippen LogP contribution in [0.15, 0.2) is 48.5 Å². The molecule has 4 rings (SSSR count). The number of nitrogens with zero attached hydrogens (tertiary/aromatic N) is 3. The first-order valence-electron chi connectivity index (χ1n) is 10.8. The first-order valence-corrected chi connectivity index (χ1v) is 10.8. The van der Waals surface area contributed by atoms with Crippen LogP contribution in [-0.4, -0.2) is 40.2 Å². The molecule has 2 aromatic carbocycles. The number of fused-ring (bicyclic) bond motifs is 4. The van der Waals surface area contributed by atoms with E-state index >= 15 is 0 Å². The van der Waals surface area contributed by atoms with Crippen molar-refractivity contribution in [1.82, 2.24) is 19.9 Å². The second-order valence-electron chi connectivity index (χ2n) is 7.47. The van der Waals surface area contributed by atoms with Crippen molar-refractivity contribution < 1.29 is 9.53 Å². The van der Waals surface area contributed by atoms with Crippen LogP contribution in [0.1, 0.15) is 32.6 Å². The van der Waals surface area contributed by atoms with Crippen molar-refractivity contribution in [2.24, 2.45) is 0 Å². The van der Waals surface area contributed by atoms with E-state index in [1.807, 2.05) is 36.4 Å². The van der Waals surface area contributed by atoms with Crippen molar-refractivity contribution in [3.8, 4) is 0 Å². The molecule has 1 amide bonds. The summed E-state index contributed by atoms with van der Waals surface area (Å²) in [6.45, 7) is 4.84. The predicted octanol–water partition coefficient (Wildman–Crippen LogP) is 4.45. The summed E-state index contributed by atoms with van der Waals surface area (Å²) in [4.78, 5) is 22.1. The van der Waals surface area contributed by atoms with Gasteiger partial charge in [0.15, 0.2) is 5.65 Å². The Kier molecular flexibility index (Phi) is 6.54. The zero-order chi connectivity index (χ0) is 20.8. The monoisotopic (exact) mass is 404 g/mol. The third kappa shape index (κ3) is 4.44. The molecule has 6 heteroatoms. The molecule has 6 nitrogen and oxygen atoms in total. The van der Waals surface area contributed by atoms with Gasteiger partial charge in [0, 0.05) is 38.1 Å². The molecule has 0 aliphatic rings. The number of benzene rings is 2. The minimum Gasteiger partial charge on any atom is -0.381 e. The van der Waals surface area contributed by atoms with E-state index in [4.69, 9.17) is 14.7 Å². The number of carbonyl (C=O) groups is 1. The zero-order valence-corrected chi connectivity index (χ0v) is 17.4. The lowest BCUT2D eigenvalue weighted by atomic mass is 10.2. The van der Waals surface area contributed by atoms with Crippen LogP contribution in [-0.2, 0) is 16.1 Å². The van der Waals surface area contributed by atoms with E-state index in [-0.39, 0.29) is 5.91 Å². The van der Waals surface area contributed by atoms with Crippen LogP contribution in [0.25, 0.3) is 33.1 Å². The molecule has 0 spiro atoms. The number of hydrogen-bond donors (Lipinski definition) is 1. The first-order chi connectivity index (χ1) is 14.8. The molecule has 156 valence electrons. The van der Waals surface area contributed by atoms with Crippen LogP contribution < -0.4 is 5.32 Å². The number of nitrogens with one attached hydrogen (secondary N) is 1. The number of hydrogen-bond acceptors (Lipinski definition) is 4. The summed E-state index contributed by atoms with van der Waals surface area (Å²) >= 11 is 0. The van der Waals surface area contributed by atoms with E-state index in [0.29, 0.717) is 26.1 Å². The number of amides is 1. The van der Waals surface area contributed by atoms with Gasteiger partial charge in [-0.2, -0.15) is 0 Å². The van der Waals surface area contributed by atoms with Crippen molar-refractivity contribution in [2.75, 3.05) is 19.8 Å². The number of para-hydroxylation sites is 3. The maximum absolute atomic E-state index is 12.4. The summed E-state index contributed by atoms with van der Waals surface area (Å²) in [6, 6.07) is 16.0. The van der Waals surface area contributed by atoms with E-state index in [1.165, 1.54) is 0 Å². The van der Waals surface area contributed by atoms with Gasteiger partial charge in [0.25, 0.3) is 0 Å². The number of carbonyl (C=O) groups excluding carboxylic acids is 1. The van der Waals surface area contributed by atoms with Crippen molar-refractivity contribution in [3.63, 3.8) is 0 Å². The lowest BCUT2D eigenvalue weighted by Crippen LogP contribution is -2.26. The molecule has 0 saturated carbocycles. The molecule has 0 fully saturated rings. The molecule has 0 saturated heterocycles. The van der Waals surface area contributed by atoms with Crippen LogP contribution in [0, 0.1) is 0 Å². The Morgan fingerprint density at radius 2 is 1.73 bits per heavy atom. The third-order valence-electron chi connectivity index (χ3n) is 5.25. The minimum absolute atomic E-state index is 0.0447. The number of aromatic nitrogens is 3. The van der Waals surface area contributed by atoms with Gasteiger partial charge in [-0.3, -0.25) is 4.79 Å². The van der Waals surface area contributed by atoms with E-state index < -0.39 is 0 Å². The second kappa shape index (κ2) is 9.67. The average Bonchev–Trinajstić information content (AvgIpc) is 3.08. The van der Waals surface area contributed by atoms with Crippen molar-refractivity contribution >= 4 is 39.0 Å². The molecule has 2 heterocycles. The Hall–Kier alpha value is -2.99. The van der Waals surface area contributed by atoms with Gasteiger partial charge < -0.3 is 14.6 Å². The van der Waals surface area contributed by atoms with Crippen LogP contribution in [0.2, 0.25) is 0 Å². The molecule has 0 atom stereocenters. The molecule has 1 N–H and O–H groups in total. The standard InChI is InChI=1S/C24H28N4O2/c1-2-3-16-30-17-8-14-25-22(29)13-15-28-21-12-7-4-9-18(21)23-24(28)27-20-11-6-5-10-19(20)26-23/h4-7,9-12H,2-3,8,13-17H2,1H3,(H,25,29). The van der Waals surface area contributed by atoms with Crippen molar-refractivity contribution in [1.29, 1.82) is 0 Å². The summed E-state index contributed by atoms with van der Waals surface area (Å²) in [7, 11) is 0. The average molecular weight is 405 g/mol. The maximum atomic E-state index is 12.4. The Morgan fingerprint density at radius 3 is 2.57 bits per heavy atom. The molecule has 0 radical (unpaired) electrons. The van der Waals surface area contributed by atoms with Crippen LogP contribution >= 0.6 is 0 Å². The van der Waals surface area contributed by atoms with Gasteiger partial charge in [-0.05, 0) is 31.0 Å². The van der Waals surface area contributed by atoms with Crippen molar-refractivity contribution in [2.45, 2.75) is 39.2 Å². The lowest BCUT2D eigenvalue weighted by molar-refractivity contribution is -0.121. The predicted molar refractivity (Wildman–Crippen MR) is 121 cm³/mol. The highest BCUT2D eigenvalue weighted by Crippen LogP contribution is 2.28. The molecule has 4 aromatic rings. The highest BCUT2D eigenvalue weighted by atomic mass is 16.5. The molecular formula is C24H28N4O2. The van der Waals surface area contributed by atoms with Crippen LogP contribution in [0.4, 0.5) is 0 Å². The maximum Gasteiger partial charge on any atom is 0.221 e. The van der Waals surface area contributed by atoms with Gasteiger partial charge in [0.05, 0.1) is 16.6 Å². The number of rotatable bonds is 10. The van der Waals surface area contributed by atoms with Gasteiger partial charge in [0.1, 0.15) is 5.52 Å². The quantitative estimate of drug-likeness (QED) is 0.397. The number of unbranched alkanes of at least 4 members (excludes halogenated alkanes) is 1. The second-order valence-corrected chi connectivity index (χ2v) is 7.47. The summed E-state index contributed by atoms with van der Waals surface area (Å²) in [5.74, 6) is 0.0447. The third-order valence-corrected chi connectivity index (χ3v) is 5.25. The molecule has 2 aromatic heterocycles. The highest BCUT2D eigenvalue weighted by Gasteiger charge is 2.15. The van der Waals surface area contributed by atoms with Gasteiger partial charge in [0.2, 0.25) is 5.91 Å². The Labute approximate surface area is 176 Å². The van der Waals surface area contributed by atoms with E-state index in [9.17, 15) is 4.79 Å². The topological polar surface area (TPSA) is 69.0 Å². The van der Waals surface area contributed by atoms with Gasteiger partial charge in [-0.15, -0.1) is 0 Å². The van der Waals surface area contributed by atoms with Gasteiger partial charge in [-0.25, -0.2) is 9.97 Å². The fourth-order valence-corrected chi connectivity index (χ4v) is 3.66. The summed E-state index contributed by atoms with van der Waals surface area (Å²) in [6.07, 6.45) is 3.46. The highest BCUT2D eigenvalue weighted by molar-refractivity contribution is 6.06. The lowest BCUT2D eigenvalue weighted by Gasteiger charge is -2.08. The van der Waals surface area contributed by atoms with E-state index in [2.05, 4.69) is 28.9 Å². The molecule has 0 unspecified atom stereocenters. The molecular weight excluding hydrogens is 376 g/mol. The summed E-state index contributed by atoms with van der Waals surface area (Å²) < 4.78 is 7.64. The van der Waals surface area contributed by atoms with Crippen LogP contribution in [0.3, 0.4) is 0 Å². The summed E-state index contributed by atoms with van der Waals surface area (Å²) in [5, 5.41) is 4.06. The minimum atomic E-state index is 0.0447. The fourth-order valence-electron chi connectivity index (χ4n) is 3.66. The van der Waals surface area contributed by atoms with Crippen molar-refractivity contribution in [3.05, 3.63) is 48.5 Å².